The number of hydrogen-bond donors (Lipinski definition) is 2. The Morgan fingerprint density at radius 2 is 1.85 bits per heavy atom. The molecule has 0 radical (unpaired) electrons. The van der Waals surface area contributed by atoms with Gasteiger partial charge in [0.25, 0.3) is 10.2 Å². The molecule has 2 N–H and O–H groups in total. The number of benzene rings is 1. The van der Waals surface area contributed by atoms with Crippen molar-refractivity contribution in [1.82, 2.24) is 9.03 Å². The van der Waals surface area contributed by atoms with Crippen molar-refractivity contribution in [2.24, 2.45) is 11.8 Å². The van der Waals surface area contributed by atoms with Crippen LogP contribution in [0.1, 0.15) is 29.5 Å². The van der Waals surface area contributed by atoms with Crippen molar-refractivity contribution >= 4 is 10.2 Å². The lowest BCUT2D eigenvalue weighted by Gasteiger charge is -2.33. The zero-order valence-electron chi connectivity index (χ0n) is 14.1. The smallest absolute Gasteiger partial charge is 0.392 e. The van der Waals surface area contributed by atoms with Crippen molar-refractivity contribution in [3.05, 3.63) is 34.9 Å². The van der Waals surface area contributed by atoms with Gasteiger partial charge in [0, 0.05) is 6.54 Å². The number of nitrogens with one attached hydrogen (secondary N) is 1. The summed E-state index contributed by atoms with van der Waals surface area (Å²) in [6.45, 7) is -1.66. The van der Waals surface area contributed by atoms with Crippen LogP contribution in [-0.4, -0.2) is 42.6 Å². The molecule has 1 aromatic rings. The summed E-state index contributed by atoms with van der Waals surface area (Å²) in [5.74, 6) is -0.0718. The van der Waals surface area contributed by atoms with Gasteiger partial charge in [-0.3, -0.25) is 0 Å². The summed E-state index contributed by atoms with van der Waals surface area (Å²) in [5.41, 5.74) is 2.11. The topological polar surface area (TPSA) is 69.6 Å². The van der Waals surface area contributed by atoms with E-state index in [1.165, 1.54) is 0 Å². The van der Waals surface area contributed by atoms with E-state index in [0.717, 1.165) is 29.5 Å². The lowest BCUT2D eigenvalue weighted by atomic mass is 9.79. The van der Waals surface area contributed by atoms with Gasteiger partial charge in [-0.05, 0) is 54.2 Å². The molecule has 1 saturated heterocycles. The Bertz CT molecular complexity index is 827. The fourth-order valence-corrected chi connectivity index (χ4v) is 6.70. The number of aliphatic hydroxyl groups excluding tert-OH is 1. The fourth-order valence-electron chi connectivity index (χ4n) is 5.00. The van der Waals surface area contributed by atoms with E-state index in [4.69, 9.17) is 0 Å². The highest BCUT2D eigenvalue weighted by atomic mass is 32.2. The van der Waals surface area contributed by atoms with Crippen molar-refractivity contribution < 1.29 is 26.7 Å². The van der Waals surface area contributed by atoms with E-state index in [9.17, 15) is 26.7 Å². The van der Waals surface area contributed by atoms with E-state index in [0.29, 0.717) is 17.1 Å². The first-order valence-electron chi connectivity index (χ1n) is 8.70. The molecule has 1 spiro atoms. The Labute approximate surface area is 150 Å². The third-order valence-electron chi connectivity index (χ3n) is 6.16. The first-order chi connectivity index (χ1) is 12.1. The normalized spacial score (nSPS) is 33.4. The van der Waals surface area contributed by atoms with Crippen LogP contribution in [0.3, 0.4) is 0 Å². The number of rotatable bonds is 2. The lowest BCUT2D eigenvalue weighted by Crippen LogP contribution is -2.52. The zero-order chi connectivity index (χ0) is 18.7. The van der Waals surface area contributed by atoms with Crippen LogP contribution < -0.4 is 4.72 Å². The number of aliphatic hydroxyl groups is 1. The van der Waals surface area contributed by atoms with Gasteiger partial charge in [-0.15, -0.1) is 0 Å². The van der Waals surface area contributed by atoms with Crippen LogP contribution in [0, 0.1) is 11.8 Å². The molecule has 0 aromatic heterocycles. The summed E-state index contributed by atoms with van der Waals surface area (Å²) in [6.07, 6.45) is -1.73. The molecule has 1 aromatic carbocycles. The highest BCUT2D eigenvalue weighted by Gasteiger charge is 2.60. The van der Waals surface area contributed by atoms with E-state index in [1.807, 2.05) is 18.2 Å². The van der Waals surface area contributed by atoms with Gasteiger partial charge in [-0.2, -0.15) is 30.6 Å². The molecular formula is C17H21F3N2O3S. The molecule has 26 heavy (non-hydrogen) atoms. The Kier molecular flexibility index (Phi) is 4.15. The average molecular weight is 390 g/mol. The maximum absolute atomic E-state index is 12.8. The van der Waals surface area contributed by atoms with Crippen molar-refractivity contribution in [2.45, 2.75) is 44.0 Å². The van der Waals surface area contributed by atoms with E-state index < -0.39 is 28.5 Å². The van der Waals surface area contributed by atoms with Crippen LogP contribution in [0.2, 0.25) is 0 Å². The van der Waals surface area contributed by atoms with Crippen LogP contribution in [0.25, 0.3) is 0 Å². The quantitative estimate of drug-likeness (QED) is 0.809. The van der Waals surface area contributed by atoms with E-state index in [2.05, 4.69) is 4.72 Å². The van der Waals surface area contributed by atoms with Gasteiger partial charge in [-0.1, -0.05) is 18.2 Å². The third-order valence-corrected chi connectivity index (χ3v) is 7.74. The second-order valence-corrected chi connectivity index (χ2v) is 9.34. The van der Waals surface area contributed by atoms with Gasteiger partial charge < -0.3 is 5.11 Å². The molecule has 1 aliphatic heterocycles. The second kappa shape index (κ2) is 5.92. The summed E-state index contributed by atoms with van der Waals surface area (Å²) < 4.78 is 66.5. The summed E-state index contributed by atoms with van der Waals surface area (Å²) in [6, 6.07) is 5.73. The van der Waals surface area contributed by atoms with Crippen LogP contribution in [0.15, 0.2) is 18.2 Å². The van der Waals surface area contributed by atoms with Gasteiger partial charge >= 0.3 is 6.18 Å². The molecule has 3 aliphatic rings. The van der Waals surface area contributed by atoms with Crippen LogP contribution in [-0.2, 0) is 29.7 Å². The molecular weight excluding hydrogens is 369 g/mol. The molecule has 2 aliphatic carbocycles. The lowest BCUT2D eigenvalue weighted by molar-refractivity contribution is -0.136. The monoisotopic (exact) mass is 390 g/mol. The molecule has 2 fully saturated rings. The maximum Gasteiger partial charge on any atom is 0.402 e. The van der Waals surface area contributed by atoms with Gasteiger partial charge in [0.1, 0.15) is 6.54 Å². The standard InChI is InChI=1S/C17H21F3N2O3S/c18-17(19,20)10-22-9-16(21-26(22,24)25)14-3-4-15(16)7-13-5-11(8-23)1-2-12(13)6-14/h1-2,5,14-15,21,23H,3-4,6-10H2. The first-order valence-corrected chi connectivity index (χ1v) is 10.1. The number of alkyl halides is 3. The third kappa shape index (κ3) is 2.94. The largest absolute Gasteiger partial charge is 0.402 e. The highest BCUT2D eigenvalue weighted by Crippen LogP contribution is 2.50. The minimum absolute atomic E-state index is 0.0262. The number of nitrogens with zero attached hydrogens (tertiary/aromatic N) is 1. The Hall–Kier alpha value is -1.16. The molecule has 144 valence electrons. The molecule has 3 atom stereocenters. The molecule has 2 bridgehead atoms. The predicted molar refractivity (Wildman–Crippen MR) is 88.4 cm³/mol. The number of halogens is 3. The fraction of sp³-hybridized carbons (Fsp3) is 0.647. The van der Waals surface area contributed by atoms with Crippen molar-refractivity contribution in [3.8, 4) is 0 Å². The van der Waals surface area contributed by atoms with E-state index >= 15 is 0 Å². The molecule has 3 unspecified atom stereocenters. The molecule has 4 rings (SSSR count). The second-order valence-electron chi connectivity index (χ2n) is 7.67. The highest BCUT2D eigenvalue weighted by molar-refractivity contribution is 7.87. The minimum atomic E-state index is -4.57. The number of fused-ring (bicyclic) bond motifs is 1. The summed E-state index contributed by atoms with van der Waals surface area (Å²) in [7, 11) is -4.15. The first kappa shape index (κ1) is 18.2. The van der Waals surface area contributed by atoms with Gasteiger partial charge in [0.15, 0.2) is 0 Å². The van der Waals surface area contributed by atoms with Gasteiger partial charge in [0.05, 0.1) is 12.1 Å². The van der Waals surface area contributed by atoms with E-state index in [1.54, 1.807) is 0 Å². The Morgan fingerprint density at radius 3 is 2.46 bits per heavy atom. The molecule has 0 amide bonds. The SMILES string of the molecule is O=S1(=O)NC2(CN1CC(F)(F)F)C1CCC2Cc2cc(CO)ccc2C1. The van der Waals surface area contributed by atoms with Crippen LogP contribution in [0.5, 0.6) is 0 Å². The van der Waals surface area contributed by atoms with Crippen molar-refractivity contribution in [1.29, 1.82) is 0 Å². The predicted octanol–water partition coefficient (Wildman–Crippen LogP) is 1.75. The van der Waals surface area contributed by atoms with Crippen molar-refractivity contribution in [2.75, 3.05) is 13.1 Å². The van der Waals surface area contributed by atoms with Gasteiger partial charge in [-0.25, -0.2) is 0 Å². The molecule has 9 heteroatoms. The Morgan fingerprint density at radius 1 is 1.19 bits per heavy atom. The average Bonchev–Trinajstić information content (AvgIpc) is 2.91. The minimum Gasteiger partial charge on any atom is -0.392 e. The van der Waals surface area contributed by atoms with Gasteiger partial charge in [0.2, 0.25) is 0 Å². The number of hydrogen-bond acceptors (Lipinski definition) is 3. The van der Waals surface area contributed by atoms with Crippen LogP contribution >= 0.6 is 0 Å². The molecule has 1 saturated carbocycles. The zero-order valence-corrected chi connectivity index (χ0v) is 14.9. The van der Waals surface area contributed by atoms with Crippen molar-refractivity contribution in [3.63, 3.8) is 0 Å². The molecule has 5 nitrogen and oxygen atoms in total. The summed E-state index contributed by atoms with van der Waals surface area (Å²) >= 11 is 0. The maximum atomic E-state index is 12.8. The Balaban J connectivity index is 1.68. The van der Waals surface area contributed by atoms with Crippen LogP contribution in [0.4, 0.5) is 13.2 Å². The van der Waals surface area contributed by atoms with E-state index in [-0.39, 0.29) is 25.0 Å². The summed E-state index contributed by atoms with van der Waals surface area (Å²) in [4.78, 5) is 0. The summed E-state index contributed by atoms with van der Waals surface area (Å²) in [5, 5.41) is 9.35. The molecule has 1 heterocycles.